The van der Waals surface area contributed by atoms with E-state index < -0.39 is 11.0 Å². The summed E-state index contributed by atoms with van der Waals surface area (Å²) in [7, 11) is 0. The molecule has 31 heavy (non-hydrogen) atoms. The van der Waals surface area contributed by atoms with Crippen molar-refractivity contribution < 1.29 is 19.1 Å². The van der Waals surface area contributed by atoms with Gasteiger partial charge in [0.05, 0.1) is 5.41 Å². The van der Waals surface area contributed by atoms with Gasteiger partial charge in [0.25, 0.3) is 0 Å². The molecule has 1 saturated carbocycles. The van der Waals surface area contributed by atoms with Crippen LogP contribution < -0.4 is 14.8 Å². The summed E-state index contributed by atoms with van der Waals surface area (Å²) in [5.41, 5.74) is 0.709. The van der Waals surface area contributed by atoms with E-state index in [0.29, 0.717) is 25.3 Å². The standard InChI is InChI=1S/C25H28N2O4/c1-24(22(28)26-16-18-9-10-20-21(15-18)31-17-30-20)13-14-27(24)23(29)25(11-5-6-12-25)19-7-3-2-4-8-19/h2-4,7-10,15H,5-6,11-14,16-17H2,1H3,(H,26,28). The van der Waals surface area contributed by atoms with Crippen LogP contribution in [0.5, 0.6) is 11.5 Å². The largest absolute Gasteiger partial charge is 0.454 e. The van der Waals surface area contributed by atoms with E-state index in [9.17, 15) is 9.59 Å². The second-order valence-corrected chi connectivity index (χ2v) is 9.01. The molecular formula is C25H28N2O4. The number of carbonyl (C=O) groups excluding carboxylic acids is 2. The third kappa shape index (κ3) is 3.25. The van der Waals surface area contributed by atoms with Crippen molar-refractivity contribution in [1.82, 2.24) is 10.2 Å². The quantitative estimate of drug-likeness (QED) is 0.804. The number of rotatable bonds is 5. The highest BCUT2D eigenvalue weighted by atomic mass is 16.7. The summed E-state index contributed by atoms with van der Waals surface area (Å²) < 4.78 is 10.8. The number of hydrogen-bond acceptors (Lipinski definition) is 4. The van der Waals surface area contributed by atoms with Crippen LogP contribution in [0.15, 0.2) is 48.5 Å². The molecule has 2 amide bonds. The molecular weight excluding hydrogens is 392 g/mol. The highest BCUT2D eigenvalue weighted by Gasteiger charge is 2.55. The number of ether oxygens (including phenoxy) is 2. The first-order chi connectivity index (χ1) is 15.0. The predicted octanol–water partition coefficient (Wildman–Crippen LogP) is 3.53. The first-order valence-corrected chi connectivity index (χ1v) is 11.1. The number of fused-ring (bicyclic) bond motifs is 1. The van der Waals surface area contributed by atoms with E-state index in [1.165, 1.54) is 0 Å². The van der Waals surface area contributed by atoms with Crippen molar-refractivity contribution in [3.8, 4) is 11.5 Å². The lowest BCUT2D eigenvalue weighted by atomic mass is 9.74. The summed E-state index contributed by atoms with van der Waals surface area (Å²) in [6.45, 7) is 3.12. The molecule has 0 bridgehead atoms. The van der Waals surface area contributed by atoms with Crippen molar-refractivity contribution in [1.29, 1.82) is 0 Å². The van der Waals surface area contributed by atoms with Gasteiger partial charge in [0.15, 0.2) is 11.5 Å². The number of benzene rings is 2. The Kier molecular flexibility index (Phi) is 4.88. The molecule has 0 spiro atoms. The Bertz CT molecular complexity index is 1000. The number of likely N-dealkylation sites (tertiary alicyclic amines) is 1. The van der Waals surface area contributed by atoms with Crippen LogP contribution in [0, 0.1) is 0 Å². The highest BCUT2D eigenvalue weighted by molar-refractivity contribution is 5.97. The average molecular weight is 421 g/mol. The molecule has 3 aliphatic rings. The molecule has 6 heteroatoms. The average Bonchev–Trinajstić information content (AvgIpc) is 3.46. The van der Waals surface area contributed by atoms with Gasteiger partial charge in [-0.1, -0.05) is 49.2 Å². The van der Waals surface area contributed by atoms with Crippen molar-refractivity contribution in [3.63, 3.8) is 0 Å². The molecule has 1 aliphatic carbocycles. The Labute approximate surface area is 182 Å². The molecule has 2 aromatic rings. The fourth-order valence-corrected chi connectivity index (χ4v) is 5.16. The third-order valence-electron chi connectivity index (χ3n) is 7.24. The summed E-state index contributed by atoms with van der Waals surface area (Å²) in [6.07, 6.45) is 4.46. The molecule has 162 valence electrons. The van der Waals surface area contributed by atoms with E-state index in [1.54, 1.807) is 4.90 Å². The van der Waals surface area contributed by atoms with E-state index in [2.05, 4.69) is 17.4 Å². The molecule has 2 aromatic carbocycles. The van der Waals surface area contributed by atoms with Crippen LogP contribution in [0.1, 0.15) is 50.2 Å². The van der Waals surface area contributed by atoms with Crippen molar-refractivity contribution in [3.05, 3.63) is 59.7 Å². The predicted molar refractivity (Wildman–Crippen MR) is 116 cm³/mol. The Morgan fingerprint density at radius 1 is 1.00 bits per heavy atom. The van der Waals surface area contributed by atoms with Gasteiger partial charge in [0.2, 0.25) is 18.6 Å². The molecule has 2 fully saturated rings. The van der Waals surface area contributed by atoms with Crippen LogP contribution in [0.4, 0.5) is 0 Å². The summed E-state index contributed by atoms with van der Waals surface area (Å²) in [5.74, 6) is 1.42. The maximum atomic E-state index is 13.8. The fraction of sp³-hybridized carbons (Fsp3) is 0.440. The lowest BCUT2D eigenvalue weighted by Crippen LogP contribution is -2.69. The molecule has 1 atom stereocenters. The van der Waals surface area contributed by atoms with Gasteiger partial charge < -0.3 is 19.7 Å². The second-order valence-electron chi connectivity index (χ2n) is 9.01. The fourth-order valence-electron chi connectivity index (χ4n) is 5.16. The van der Waals surface area contributed by atoms with Crippen molar-refractivity contribution >= 4 is 11.8 Å². The minimum Gasteiger partial charge on any atom is -0.454 e. The van der Waals surface area contributed by atoms with E-state index in [1.807, 2.05) is 43.3 Å². The number of nitrogens with zero attached hydrogens (tertiary/aromatic N) is 1. The molecule has 1 unspecified atom stereocenters. The molecule has 1 N–H and O–H groups in total. The van der Waals surface area contributed by atoms with Gasteiger partial charge in [0, 0.05) is 13.1 Å². The van der Waals surface area contributed by atoms with Crippen LogP contribution in [-0.2, 0) is 21.5 Å². The van der Waals surface area contributed by atoms with Gasteiger partial charge in [-0.25, -0.2) is 0 Å². The molecule has 6 nitrogen and oxygen atoms in total. The van der Waals surface area contributed by atoms with Gasteiger partial charge in [-0.05, 0) is 49.4 Å². The zero-order valence-corrected chi connectivity index (χ0v) is 17.9. The summed E-state index contributed by atoms with van der Waals surface area (Å²) in [5, 5.41) is 3.03. The number of carbonyl (C=O) groups is 2. The summed E-state index contributed by atoms with van der Waals surface area (Å²) in [6, 6.07) is 15.7. The minimum atomic E-state index is -0.808. The minimum absolute atomic E-state index is 0.100. The number of nitrogens with one attached hydrogen (secondary N) is 1. The van der Waals surface area contributed by atoms with Gasteiger partial charge in [-0.3, -0.25) is 9.59 Å². The first kappa shape index (κ1) is 19.9. The van der Waals surface area contributed by atoms with E-state index >= 15 is 0 Å². The SMILES string of the molecule is CC1(C(=O)NCc2ccc3c(c2)OCO3)CCN1C(=O)C1(c2ccccc2)CCCC1. The van der Waals surface area contributed by atoms with Crippen LogP contribution in [0.25, 0.3) is 0 Å². The zero-order valence-electron chi connectivity index (χ0n) is 17.9. The summed E-state index contributed by atoms with van der Waals surface area (Å²) in [4.78, 5) is 28.8. The molecule has 2 heterocycles. The van der Waals surface area contributed by atoms with E-state index in [-0.39, 0.29) is 18.6 Å². The normalized spacial score (nSPS) is 23.3. The lowest BCUT2D eigenvalue weighted by Gasteiger charge is -2.52. The zero-order chi connectivity index (χ0) is 21.5. The molecule has 0 aromatic heterocycles. The monoisotopic (exact) mass is 420 g/mol. The molecule has 1 saturated heterocycles. The molecule has 0 radical (unpaired) electrons. The Hall–Kier alpha value is -3.02. The van der Waals surface area contributed by atoms with Gasteiger partial charge in [-0.2, -0.15) is 0 Å². The number of hydrogen-bond donors (Lipinski definition) is 1. The first-order valence-electron chi connectivity index (χ1n) is 11.1. The van der Waals surface area contributed by atoms with Crippen molar-refractivity contribution in [2.75, 3.05) is 13.3 Å². The third-order valence-corrected chi connectivity index (χ3v) is 7.24. The maximum Gasteiger partial charge on any atom is 0.246 e. The Morgan fingerprint density at radius 3 is 2.45 bits per heavy atom. The number of amides is 2. The van der Waals surface area contributed by atoms with Crippen molar-refractivity contribution in [2.45, 2.75) is 56.5 Å². The topological polar surface area (TPSA) is 67.9 Å². The molecule has 2 aliphatic heterocycles. The lowest BCUT2D eigenvalue weighted by molar-refractivity contribution is -0.162. The Balaban J connectivity index is 1.31. The van der Waals surface area contributed by atoms with E-state index in [4.69, 9.17) is 9.47 Å². The smallest absolute Gasteiger partial charge is 0.246 e. The second kappa shape index (κ2) is 7.59. The van der Waals surface area contributed by atoms with Gasteiger partial charge in [-0.15, -0.1) is 0 Å². The van der Waals surface area contributed by atoms with Gasteiger partial charge >= 0.3 is 0 Å². The van der Waals surface area contributed by atoms with Crippen molar-refractivity contribution in [2.24, 2.45) is 0 Å². The Morgan fingerprint density at radius 2 is 1.74 bits per heavy atom. The summed E-state index contributed by atoms with van der Waals surface area (Å²) >= 11 is 0. The van der Waals surface area contributed by atoms with Crippen LogP contribution >= 0.6 is 0 Å². The molecule has 5 rings (SSSR count). The van der Waals surface area contributed by atoms with Crippen LogP contribution in [0.2, 0.25) is 0 Å². The maximum absolute atomic E-state index is 13.8. The van der Waals surface area contributed by atoms with E-state index in [0.717, 1.165) is 42.6 Å². The van der Waals surface area contributed by atoms with Gasteiger partial charge in [0.1, 0.15) is 5.54 Å². The van der Waals surface area contributed by atoms with Crippen LogP contribution in [-0.4, -0.2) is 35.6 Å². The highest BCUT2D eigenvalue weighted by Crippen LogP contribution is 2.46. The van der Waals surface area contributed by atoms with Crippen LogP contribution in [0.3, 0.4) is 0 Å².